The molecule has 1 aliphatic heterocycles. The smallest absolute Gasteiger partial charge is 0.299 e. The summed E-state index contributed by atoms with van der Waals surface area (Å²) in [5.74, 6) is -3.36. The number of nitriles is 1. The summed E-state index contributed by atoms with van der Waals surface area (Å²) in [6.45, 7) is 4.57. The fourth-order valence-electron chi connectivity index (χ4n) is 4.17. The molecule has 0 unspecified atom stereocenters. The van der Waals surface area contributed by atoms with E-state index in [4.69, 9.17) is 28.5 Å². The summed E-state index contributed by atoms with van der Waals surface area (Å²) in [5.41, 5.74) is -0.803. The molecule has 2 aromatic carbocycles. The van der Waals surface area contributed by atoms with E-state index in [1.165, 1.54) is 37.3 Å². The number of anilines is 1. The molecule has 2 amide bonds. The van der Waals surface area contributed by atoms with Gasteiger partial charge in [-0.15, -0.1) is 0 Å². The van der Waals surface area contributed by atoms with Crippen molar-refractivity contribution in [3.05, 3.63) is 63.6 Å². The second-order valence-corrected chi connectivity index (χ2v) is 9.27. The first-order chi connectivity index (χ1) is 15.3. The van der Waals surface area contributed by atoms with Gasteiger partial charge in [0.25, 0.3) is 5.91 Å². The molecule has 0 aromatic heterocycles. The van der Waals surface area contributed by atoms with Crippen molar-refractivity contribution in [1.29, 1.82) is 5.26 Å². The lowest BCUT2D eigenvalue weighted by atomic mass is 9.90. The van der Waals surface area contributed by atoms with Crippen LogP contribution in [0.4, 0.5) is 18.9 Å². The molecule has 0 spiro atoms. The molecule has 5 nitrogen and oxygen atoms in total. The summed E-state index contributed by atoms with van der Waals surface area (Å²) in [4.78, 5) is 28.2. The third kappa shape index (κ3) is 4.66. The number of halogens is 5. The predicted octanol–water partition coefficient (Wildman–Crippen LogP) is 5.59. The molecule has 0 N–H and O–H groups in total. The molecule has 2 atom stereocenters. The number of rotatable bonds is 4. The van der Waals surface area contributed by atoms with Crippen LogP contribution < -0.4 is 4.90 Å². The second kappa shape index (κ2) is 8.88. The minimum atomic E-state index is -5.19. The van der Waals surface area contributed by atoms with Gasteiger partial charge in [0.1, 0.15) is 11.7 Å². The fraction of sp³-hybridized carbons (Fsp3) is 0.348. The zero-order valence-electron chi connectivity index (χ0n) is 18.0. The van der Waals surface area contributed by atoms with Crippen molar-refractivity contribution in [1.82, 2.24) is 4.90 Å². The highest BCUT2D eigenvalue weighted by molar-refractivity contribution is 6.35. The molecule has 1 saturated heterocycles. The molecule has 0 bridgehead atoms. The second-order valence-electron chi connectivity index (χ2n) is 8.39. The third-order valence-electron chi connectivity index (χ3n) is 5.55. The van der Waals surface area contributed by atoms with Gasteiger partial charge in [-0.25, -0.2) is 0 Å². The first-order valence-electron chi connectivity index (χ1n) is 9.99. The Morgan fingerprint density at radius 2 is 1.70 bits per heavy atom. The zero-order valence-corrected chi connectivity index (χ0v) is 19.5. The number of nitrogens with zero attached hydrogens (tertiary/aromatic N) is 3. The molecule has 0 radical (unpaired) electrons. The monoisotopic (exact) mass is 497 g/mol. The summed E-state index contributed by atoms with van der Waals surface area (Å²) < 4.78 is 41.1. The molecular weight excluding hydrogens is 478 g/mol. The molecule has 1 heterocycles. The topological polar surface area (TPSA) is 64.4 Å². The Bertz CT molecular complexity index is 1110. The maximum atomic E-state index is 13.8. The predicted molar refractivity (Wildman–Crippen MR) is 119 cm³/mol. The Labute approximate surface area is 199 Å². The van der Waals surface area contributed by atoms with Gasteiger partial charge in [0.2, 0.25) is 0 Å². The van der Waals surface area contributed by atoms with E-state index in [9.17, 15) is 22.8 Å². The van der Waals surface area contributed by atoms with Crippen LogP contribution in [0.5, 0.6) is 0 Å². The zero-order chi connectivity index (χ0) is 24.7. The quantitative estimate of drug-likeness (QED) is 0.553. The van der Waals surface area contributed by atoms with Crippen molar-refractivity contribution < 1.29 is 22.8 Å². The summed E-state index contributed by atoms with van der Waals surface area (Å²) in [5, 5.41) is 9.39. The van der Waals surface area contributed by atoms with E-state index in [0.29, 0.717) is 16.0 Å². The van der Waals surface area contributed by atoms with Gasteiger partial charge in [0.05, 0.1) is 11.6 Å². The van der Waals surface area contributed by atoms with Gasteiger partial charge >= 0.3 is 12.1 Å². The maximum Gasteiger partial charge on any atom is 0.471 e. The van der Waals surface area contributed by atoms with E-state index in [2.05, 4.69) is 0 Å². The van der Waals surface area contributed by atoms with E-state index in [1.807, 2.05) is 6.07 Å². The standard InChI is InChI=1S/C23H20Cl2F3N3O2/c1-13(2)19-30(18-9-16(24)8-17(25)10-18)20(32)22(3,31(19)21(33)23(26,27)28)11-14-4-6-15(12-29)7-5-14/h4-10,13,19H,11H2,1-3H3/t19-,22-/m1/s1. The van der Waals surface area contributed by atoms with Crippen molar-refractivity contribution in [2.24, 2.45) is 5.92 Å². The Hall–Kier alpha value is -2.76. The van der Waals surface area contributed by atoms with Crippen LogP contribution in [0.1, 0.15) is 31.9 Å². The van der Waals surface area contributed by atoms with E-state index in [0.717, 1.165) is 4.90 Å². The molecular formula is C23H20Cl2F3N3O2. The van der Waals surface area contributed by atoms with Crippen LogP contribution >= 0.6 is 23.2 Å². The Balaban J connectivity index is 2.20. The van der Waals surface area contributed by atoms with Crippen LogP contribution in [0.3, 0.4) is 0 Å². The molecule has 33 heavy (non-hydrogen) atoms. The molecule has 1 fully saturated rings. The average Bonchev–Trinajstić information content (AvgIpc) is 2.94. The molecule has 0 saturated carbocycles. The number of benzene rings is 2. The number of carbonyl (C=O) groups is 2. The fourth-order valence-corrected chi connectivity index (χ4v) is 4.69. The maximum absolute atomic E-state index is 13.8. The summed E-state index contributed by atoms with van der Waals surface area (Å²) in [6.07, 6.45) is -6.61. The minimum absolute atomic E-state index is 0.187. The van der Waals surface area contributed by atoms with Gasteiger partial charge in [0.15, 0.2) is 0 Å². The summed E-state index contributed by atoms with van der Waals surface area (Å²) in [6, 6.07) is 12.3. The third-order valence-corrected chi connectivity index (χ3v) is 5.99. The van der Waals surface area contributed by atoms with Crippen molar-refractivity contribution in [3.63, 3.8) is 0 Å². The van der Waals surface area contributed by atoms with Gasteiger partial charge in [0, 0.05) is 22.2 Å². The van der Waals surface area contributed by atoms with Crippen LogP contribution in [0.15, 0.2) is 42.5 Å². The van der Waals surface area contributed by atoms with Gasteiger partial charge in [-0.3, -0.25) is 19.4 Å². The summed E-state index contributed by atoms with van der Waals surface area (Å²) >= 11 is 12.2. The van der Waals surface area contributed by atoms with E-state index in [-0.39, 0.29) is 22.2 Å². The summed E-state index contributed by atoms with van der Waals surface area (Å²) in [7, 11) is 0. The van der Waals surface area contributed by atoms with Crippen LogP contribution in [-0.2, 0) is 16.0 Å². The number of hydrogen-bond donors (Lipinski definition) is 0. The van der Waals surface area contributed by atoms with Crippen LogP contribution in [-0.4, -0.2) is 34.6 Å². The van der Waals surface area contributed by atoms with E-state index in [1.54, 1.807) is 26.0 Å². The van der Waals surface area contributed by atoms with Crippen LogP contribution in [0.25, 0.3) is 0 Å². The molecule has 0 aliphatic carbocycles. The lowest BCUT2D eigenvalue weighted by Crippen LogP contribution is -2.58. The van der Waals surface area contributed by atoms with E-state index >= 15 is 0 Å². The van der Waals surface area contributed by atoms with Gasteiger partial charge in [-0.05, 0) is 48.7 Å². The molecule has 174 valence electrons. The number of hydrogen-bond acceptors (Lipinski definition) is 3. The molecule has 2 aromatic rings. The largest absolute Gasteiger partial charge is 0.471 e. The number of carbonyl (C=O) groups excluding carboxylic acids is 2. The van der Waals surface area contributed by atoms with Crippen molar-refractivity contribution in [2.45, 2.75) is 45.1 Å². The lowest BCUT2D eigenvalue weighted by Gasteiger charge is -2.38. The molecule has 1 aliphatic rings. The normalized spacial score (nSPS) is 21.0. The van der Waals surface area contributed by atoms with Crippen LogP contribution in [0.2, 0.25) is 10.0 Å². The lowest BCUT2D eigenvalue weighted by molar-refractivity contribution is -0.192. The SMILES string of the molecule is CC(C)[C@@H]1N(c2cc(Cl)cc(Cl)c2)C(=O)[C@@](C)(Cc2ccc(C#N)cc2)N1C(=O)C(F)(F)F. The Morgan fingerprint density at radius 3 is 2.15 bits per heavy atom. The number of amides is 2. The first kappa shape index (κ1) is 24.9. The van der Waals surface area contributed by atoms with Gasteiger partial charge < -0.3 is 0 Å². The highest BCUT2D eigenvalue weighted by Gasteiger charge is 2.62. The highest BCUT2D eigenvalue weighted by Crippen LogP contribution is 2.43. The van der Waals surface area contributed by atoms with Gasteiger partial charge in [-0.1, -0.05) is 49.2 Å². The Morgan fingerprint density at radius 1 is 1.15 bits per heavy atom. The number of alkyl halides is 3. The average molecular weight is 498 g/mol. The van der Waals surface area contributed by atoms with Crippen LogP contribution in [0, 0.1) is 17.2 Å². The molecule has 3 rings (SSSR count). The minimum Gasteiger partial charge on any atom is -0.299 e. The Kier molecular flexibility index (Phi) is 6.69. The van der Waals surface area contributed by atoms with E-state index < -0.39 is 35.6 Å². The van der Waals surface area contributed by atoms with Crippen molar-refractivity contribution in [2.75, 3.05) is 4.90 Å². The van der Waals surface area contributed by atoms with Crippen molar-refractivity contribution in [3.8, 4) is 6.07 Å². The van der Waals surface area contributed by atoms with Crippen molar-refractivity contribution >= 4 is 40.7 Å². The highest BCUT2D eigenvalue weighted by atomic mass is 35.5. The molecule has 10 heteroatoms. The first-order valence-corrected chi connectivity index (χ1v) is 10.7. The van der Waals surface area contributed by atoms with Gasteiger partial charge in [-0.2, -0.15) is 18.4 Å².